The summed E-state index contributed by atoms with van der Waals surface area (Å²) in [7, 11) is 0. The van der Waals surface area contributed by atoms with E-state index in [1.807, 2.05) is 0 Å². The van der Waals surface area contributed by atoms with E-state index in [1.165, 1.54) is 4.90 Å². The molecule has 1 aromatic rings. The fourth-order valence-electron chi connectivity index (χ4n) is 2.43. The first-order chi connectivity index (χ1) is 12.5. The molecule has 26 heavy (non-hydrogen) atoms. The monoisotopic (exact) mass is 361 g/mol. The molecule has 2 aliphatic rings. The van der Waals surface area contributed by atoms with Crippen LogP contribution in [-0.2, 0) is 19.1 Å². The number of carbonyl (C=O) groups is 4. The minimum Gasteiger partial charge on any atom is -0.482 e. The van der Waals surface area contributed by atoms with Gasteiger partial charge in [0.15, 0.2) is 13.2 Å². The van der Waals surface area contributed by atoms with Gasteiger partial charge in [-0.3, -0.25) is 19.7 Å². The molecule has 0 bridgehead atoms. The Hall–Kier alpha value is -3.10. The number of nitrogens with one attached hydrogen (secondary N) is 2. The van der Waals surface area contributed by atoms with Gasteiger partial charge in [0.2, 0.25) is 0 Å². The number of nitrogens with zero attached hydrogens (tertiary/aromatic N) is 1. The van der Waals surface area contributed by atoms with Crippen molar-refractivity contribution in [2.75, 3.05) is 24.7 Å². The number of ether oxygens (including phenoxy) is 2. The van der Waals surface area contributed by atoms with Crippen LogP contribution in [-0.4, -0.2) is 49.6 Å². The molecule has 1 aliphatic heterocycles. The van der Waals surface area contributed by atoms with Gasteiger partial charge in [-0.05, 0) is 25.0 Å². The molecule has 4 amide bonds. The zero-order valence-corrected chi connectivity index (χ0v) is 14.0. The van der Waals surface area contributed by atoms with Gasteiger partial charge in [0.25, 0.3) is 11.8 Å². The number of imide groups is 1. The molecule has 9 heteroatoms. The molecule has 138 valence electrons. The van der Waals surface area contributed by atoms with Crippen molar-refractivity contribution in [2.24, 2.45) is 0 Å². The lowest BCUT2D eigenvalue weighted by molar-refractivity contribution is -0.148. The van der Waals surface area contributed by atoms with Gasteiger partial charge in [0.05, 0.1) is 12.1 Å². The Kier molecular flexibility index (Phi) is 5.35. The van der Waals surface area contributed by atoms with Crippen LogP contribution < -0.4 is 20.3 Å². The van der Waals surface area contributed by atoms with E-state index in [4.69, 9.17) is 9.47 Å². The molecule has 1 saturated carbocycles. The van der Waals surface area contributed by atoms with Crippen LogP contribution in [0.15, 0.2) is 24.3 Å². The predicted molar refractivity (Wildman–Crippen MR) is 89.6 cm³/mol. The van der Waals surface area contributed by atoms with Crippen molar-refractivity contribution in [3.05, 3.63) is 24.3 Å². The van der Waals surface area contributed by atoms with Crippen LogP contribution in [0, 0.1) is 0 Å². The van der Waals surface area contributed by atoms with Gasteiger partial charge in [-0.15, -0.1) is 0 Å². The predicted octanol–water partition coefficient (Wildman–Crippen LogP) is 0.333. The molecule has 3 rings (SSSR count). The van der Waals surface area contributed by atoms with E-state index in [0.717, 1.165) is 12.8 Å². The smallest absolute Gasteiger partial charge is 0.321 e. The molecule has 1 aromatic carbocycles. The lowest BCUT2D eigenvalue weighted by atomic mass is 10.2. The molecule has 0 spiro atoms. The summed E-state index contributed by atoms with van der Waals surface area (Å²) >= 11 is 0. The summed E-state index contributed by atoms with van der Waals surface area (Å²) in [5.41, 5.74) is 0.589. The summed E-state index contributed by atoms with van der Waals surface area (Å²) in [4.78, 5) is 48.2. The van der Waals surface area contributed by atoms with Crippen LogP contribution in [0.25, 0.3) is 0 Å². The normalized spacial score (nSPS) is 15.5. The summed E-state index contributed by atoms with van der Waals surface area (Å²) in [6.45, 7) is -0.531. The standard InChI is InChI=1S/C17H19N3O6/c21-14(19-17(24)18-11-5-6-11)9-26-16(23)7-8-20-12-3-1-2-4-13(12)25-10-15(20)22/h1-4,11H,5-10H2,(H2,18,19,21,24). The zero-order chi connectivity index (χ0) is 18.5. The van der Waals surface area contributed by atoms with Crippen LogP contribution in [0.1, 0.15) is 19.3 Å². The Balaban J connectivity index is 1.41. The number of urea groups is 1. The van der Waals surface area contributed by atoms with Crippen molar-refractivity contribution in [2.45, 2.75) is 25.3 Å². The first kappa shape index (κ1) is 17.7. The summed E-state index contributed by atoms with van der Waals surface area (Å²) in [6, 6.07) is 6.55. The van der Waals surface area contributed by atoms with Crippen molar-refractivity contribution in [3.63, 3.8) is 0 Å². The van der Waals surface area contributed by atoms with Crippen molar-refractivity contribution >= 4 is 29.5 Å². The van der Waals surface area contributed by atoms with E-state index >= 15 is 0 Å². The van der Waals surface area contributed by atoms with E-state index < -0.39 is 24.5 Å². The minimum atomic E-state index is -0.704. The fraction of sp³-hybridized carbons (Fsp3) is 0.412. The van der Waals surface area contributed by atoms with Gasteiger partial charge in [-0.25, -0.2) is 4.79 Å². The Labute approximate surface area is 149 Å². The number of carbonyl (C=O) groups excluding carboxylic acids is 4. The van der Waals surface area contributed by atoms with Crippen molar-refractivity contribution in [1.82, 2.24) is 10.6 Å². The van der Waals surface area contributed by atoms with Gasteiger partial charge >= 0.3 is 12.0 Å². The summed E-state index contributed by atoms with van der Waals surface area (Å²) in [6.07, 6.45) is 1.72. The van der Waals surface area contributed by atoms with Gasteiger partial charge in [0, 0.05) is 12.6 Å². The molecule has 1 aliphatic carbocycles. The highest BCUT2D eigenvalue weighted by Crippen LogP contribution is 2.31. The molecule has 2 N–H and O–H groups in total. The number of rotatable bonds is 6. The number of anilines is 1. The molecular weight excluding hydrogens is 342 g/mol. The van der Waals surface area contributed by atoms with Crippen LogP contribution in [0.4, 0.5) is 10.5 Å². The maximum Gasteiger partial charge on any atom is 0.321 e. The molecule has 1 heterocycles. The van der Waals surface area contributed by atoms with Crippen LogP contribution in [0.3, 0.4) is 0 Å². The maximum absolute atomic E-state index is 12.0. The number of esters is 1. The fourth-order valence-corrected chi connectivity index (χ4v) is 2.43. The Morgan fingerprint density at radius 2 is 2.00 bits per heavy atom. The lowest BCUT2D eigenvalue weighted by Gasteiger charge is -2.28. The van der Waals surface area contributed by atoms with E-state index in [-0.39, 0.29) is 31.5 Å². The molecular formula is C17H19N3O6. The minimum absolute atomic E-state index is 0.0817. The Morgan fingerprint density at radius 1 is 1.23 bits per heavy atom. The number of hydrogen-bond acceptors (Lipinski definition) is 6. The number of benzene rings is 1. The van der Waals surface area contributed by atoms with Crippen molar-refractivity contribution < 1.29 is 28.7 Å². The van der Waals surface area contributed by atoms with Gasteiger partial charge in [-0.1, -0.05) is 12.1 Å². The number of para-hydroxylation sites is 2. The quantitative estimate of drug-likeness (QED) is 0.706. The average molecular weight is 361 g/mol. The number of hydrogen-bond donors (Lipinski definition) is 2. The third-order valence-electron chi connectivity index (χ3n) is 3.88. The topological polar surface area (TPSA) is 114 Å². The van der Waals surface area contributed by atoms with Crippen molar-refractivity contribution in [3.8, 4) is 5.75 Å². The van der Waals surface area contributed by atoms with Crippen LogP contribution in [0.5, 0.6) is 5.75 Å². The summed E-state index contributed by atoms with van der Waals surface area (Å²) in [5, 5.41) is 4.67. The third kappa shape index (κ3) is 4.71. The molecule has 0 radical (unpaired) electrons. The van der Waals surface area contributed by atoms with Crippen LogP contribution in [0.2, 0.25) is 0 Å². The Bertz CT molecular complexity index is 731. The summed E-state index contributed by atoms with van der Waals surface area (Å²) < 4.78 is 10.2. The first-order valence-corrected chi connectivity index (χ1v) is 8.31. The van der Waals surface area contributed by atoms with Gasteiger partial charge < -0.3 is 19.7 Å². The molecule has 0 unspecified atom stereocenters. The van der Waals surface area contributed by atoms with E-state index in [9.17, 15) is 19.2 Å². The van der Waals surface area contributed by atoms with E-state index in [2.05, 4.69) is 10.6 Å². The number of fused-ring (bicyclic) bond motifs is 1. The van der Waals surface area contributed by atoms with E-state index in [0.29, 0.717) is 11.4 Å². The molecule has 0 aromatic heterocycles. The largest absolute Gasteiger partial charge is 0.482 e. The zero-order valence-electron chi connectivity index (χ0n) is 14.0. The van der Waals surface area contributed by atoms with E-state index in [1.54, 1.807) is 24.3 Å². The second-order valence-corrected chi connectivity index (χ2v) is 6.01. The second kappa shape index (κ2) is 7.85. The third-order valence-corrected chi connectivity index (χ3v) is 3.88. The molecule has 0 saturated heterocycles. The lowest BCUT2D eigenvalue weighted by Crippen LogP contribution is -2.42. The summed E-state index contributed by atoms with van der Waals surface area (Å²) in [5.74, 6) is -1.03. The first-order valence-electron chi connectivity index (χ1n) is 8.31. The van der Waals surface area contributed by atoms with Gasteiger partial charge in [0.1, 0.15) is 5.75 Å². The maximum atomic E-state index is 12.0. The molecule has 0 atom stereocenters. The SMILES string of the molecule is O=C(COC(=O)CCN1C(=O)COc2ccccc21)NC(=O)NC1CC1. The highest BCUT2D eigenvalue weighted by Gasteiger charge is 2.26. The highest BCUT2D eigenvalue weighted by atomic mass is 16.5. The molecule has 1 fully saturated rings. The number of amides is 4. The highest BCUT2D eigenvalue weighted by molar-refractivity contribution is 5.98. The average Bonchev–Trinajstić information content (AvgIpc) is 3.43. The van der Waals surface area contributed by atoms with Crippen molar-refractivity contribution in [1.29, 1.82) is 0 Å². The Morgan fingerprint density at radius 3 is 2.77 bits per heavy atom. The van der Waals surface area contributed by atoms with Crippen LogP contribution >= 0.6 is 0 Å². The van der Waals surface area contributed by atoms with Gasteiger partial charge in [-0.2, -0.15) is 0 Å². The molecule has 9 nitrogen and oxygen atoms in total. The second-order valence-electron chi connectivity index (χ2n) is 6.01.